The molecule has 0 aliphatic heterocycles. The van der Waals surface area contributed by atoms with Gasteiger partial charge >= 0.3 is 0 Å². The largest absolute Gasteiger partial charge is 0.389 e. The highest BCUT2D eigenvalue weighted by molar-refractivity contribution is 6.30. The van der Waals surface area contributed by atoms with Crippen LogP contribution in [0.15, 0.2) is 24.3 Å². The molecule has 3 heteroatoms. The molecule has 1 aliphatic carbocycles. The lowest BCUT2D eigenvalue weighted by Crippen LogP contribution is -2.42. The van der Waals surface area contributed by atoms with E-state index in [1.54, 1.807) is 0 Å². The van der Waals surface area contributed by atoms with Crippen molar-refractivity contribution >= 4 is 11.6 Å². The molecule has 0 saturated heterocycles. The van der Waals surface area contributed by atoms with E-state index in [0.29, 0.717) is 6.54 Å². The fourth-order valence-electron chi connectivity index (χ4n) is 2.62. The minimum atomic E-state index is -0.509. The van der Waals surface area contributed by atoms with Crippen LogP contribution in [0.4, 0.5) is 0 Å². The maximum absolute atomic E-state index is 10.4. The van der Waals surface area contributed by atoms with E-state index in [1.165, 1.54) is 12.0 Å². The molecular formula is C15H22ClNO. The molecule has 2 N–H and O–H groups in total. The molecule has 2 nitrogen and oxygen atoms in total. The quantitative estimate of drug-likeness (QED) is 0.872. The van der Waals surface area contributed by atoms with Crippen LogP contribution < -0.4 is 5.32 Å². The lowest BCUT2D eigenvalue weighted by atomic mass is 9.84. The van der Waals surface area contributed by atoms with Gasteiger partial charge in [-0.15, -0.1) is 0 Å². The van der Waals surface area contributed by atoms with E-state index in [1.807, 2.05) is 18.2 Å². The SMILES string of the molecule is CC(NCC1(O)CCCCC1)c1cccc(Cl)c1. The zero-order valence-electron chi connectivity index (χ0n) is 11.0. The van der Waals surface area contributed by atoms with Crippen LogP contribution in [0.5, 0.6) is 0 Å². The van der Waals surface area contributed by atoms with Gasteiger partial charge in [0, 0.05) is 17.6 Å². The zero-order valence-corrected chi connectivity index (χ0v) is 11.7. The molecule has 2 rings (SSSR count). The fourth-order valence-corrected chi connectivity index (χ4v) is 2.82. The van der Waals surface area contributed by atoms with Crippen molar-refractivity contribution in [3.8, 4) is 0 Å². The Morgan fingerprint density at radius 2 is 2.06 bits per heavy atom. The van der Waals surface area contributed by atoms with Crippen molar-refractivity contribution in [2.45, 2.75) is 50.7 Å². The Kier molecular flexibility index (Phi) is 4.66. The predicted octanol–water partition coefficient (Wildman–Crippen LogP) is 3.69. The highest BCUT2D eigenvalue weighted by atomic mass is 35.5. The van der Waals surface area contributed by atoms with Crippen molar-refractivity contribution in [1.29, 1.82) is 0 Å². The average Bonchev–Trinajstić information content (AvgIpc) is 2.37. The molecule has 1 atom stereocenters. The summed E-state index contributed by atoms with van der Waals surface area (Å²) in [6.07, 6.45) is 5.38. The minimum absolute atomic E-state index is 0.217. The van der Waals surface area contributed by atoms with Crippen molar-refractivity contribution in [1.82, 2.24) is 5.32 Å². The number of hydrogen-bond donors (Lipinski definition) is 2. The van der Waals surface area contributed by atoms with Crippen LogP contribution in [0.25, 0.3) is 0 Å². The first kappa shape index (κ1) is 13.9. The highest BCUT2D eigenvalue weighted by Crippen LogP contribution is 2.28. The first-order valence-electron chi connectivity index (χ1n) is 6.80. The topological polar surface area (TPSA) is 32.3 Å². The van der Waals surface area contributed by atoms with Crippen LogP contribution in [0.1, 0.15) is 50.6 Å². The van der Waals surface area contributed by atoms with Crippen molar-refractivity contribution < 1.29 is 5.11 Å². The van der Waals surface area contributed by atoms with Gasteiger partial charge in [-0.1, -0.05) is 43.0 Å². The molecule has 0 spiro atoms. The molecule has 1 unspecified atom stereocenters. The molecule has 0 bridgehead atoms. The summed E-state index contributed by atoms with van der Waals surface area (Å²) in [6, 6.07) is 8.10. The van der Waals surface area contributed by atoms with Crippen LogP contribution in [0, 0.1) is 0 Å². The van der Waals surface area contributed by atoms with Crippen molar-refractivity contribution in [3.63, 3.8) is 0 Å². The summed E-state index contributed by atoms with van der Waals surface area (Å²) in [5.41, 5.74) is 0.660. The van der Waals surface area contributed by atoms with Gasteiger partial charge in [0.05, 0.1) is 5.60 Å². The number of nitrogens with one attached hydrogen (secondary N) is 1. The molecule has 1 saturated carbocycles. The first-order valence-corrected chi connectivity index (χ1v) is 7.18. The molecule has 1 aliphatic rings. The maximum atomic E-state index is 10.4. The van der Waals surface area contributed by atoms with Gasteiger partial charge in [-0.2, -0.15) is 0 Å². The highest BCUT2D eigenvalue weighted by Gasteiger charge is 2.29. The first-order chi connectivity index (χ1) is 8.59. The second-order valence-corrected chi connectivity index (χ2v) is 5.88. The molecular weight excluding hydrogens is 246 g/mol. The minimum Gasteiger partial charge on any atom is -0.389 e. The lowest BCUT2D eigenvalue weighted by molar-refractivity contribution is 0.00300. The molecule has 18 heavy (non-hydrogen) atoms. The van der Waals surface area contributed by atoms with Gasteiger partial charge in [-0.3, -0.25) is 0 Å². The van der Waals surface area contributed by atoms with Gasteiger partial charge in [0.2, 0.25) is 0 Å². The zero-order chi connectivity index (χ0) is 13.0. The van der Waals surface area contributed by atoms with Gasteiger partial charge < -0.3 is 10.4 Å². The Hall–Kier alpha value is -0.570. The van der Waals surface area contributed by atoms with Gasteiger partial charge in [0.1, 0.15) is 0 Å². The summed E-state index contributed by atoms with van der Waals surface area (Å²) in [5.74, 6) is 0. The fraction of sp³-hybridized carbons (Fsp3) is 0.600. The third kappa shape index (κ3) is 3.71. The van der Waals surface area contributed by atoms with E-state index in [0.717, 1.165) is 30.7 Å². The molecule has 1 aromatic rings. The van der Waals surface area contributed by atoms with E-state index >= 15 is 0 Å². The van der Waals surface area contributed by atoms with Gasteiger partial charge in [-0.25, -0.2) is 0 Å². The second kappa shape index (κ2) is 6.05. The number of hydrogen-bond acceptors (Lipinski definition) is 2. The van der Waals surface area contributed by atoms with Gasteiger partial charge in [-0.05, 0) is 37.5 Å². The molecule has 100 valence electrons. The summed E-state index contributed by atoms with van der Waals surface area (Å²) < 4.78 is 0. The molecule has 0 radical (unpaired) electrons. The van der Waals surface area contributed by atoms with Crippen molar-refractivity contribution in [2.75, 3.05) is 6.54 Å². The Morgan fingerprint density at radius 1 is 1.33 bits per heavy atom. The average molecular weight is 268 g/mol. The van der Waals surface area contributed by atoms with Crippen LogP contribution in [-0.2, 0) is 0 Å². The Morgan fingerprint density at radius 3 is 2.72 bits per heavy atom. The third-order valence-electron chi connectivity index (χ3n) is 3.87. The summed E-state index contributed by atoms with van der Waals surface area (Å²) in [6.45, 7) is 2.78. The monoisotopic (exact) mass is 267 g/mol. The molecule has 0 aromatic heterocycles. The van der Waals surface area contributed by atoms with Gasteiger partial charge in [0.15, 0.2) is 0 Å². The standard InChI is InChI=1S/C15H22ClNO/c1-12(13-6-5-7-14(16)10-13)17-11-15(18)8-3-2-4-9-15/h5-7,10,12,17-18H,2-4,8-9,11H2,1H3. The molecule has 0 amide bonds. The third-order valence-corrected chi connectivity index (χ3v) is 4.11. The van der Waals surface area contributed by atoms with E-state index in [4.69, 9.17) is 11.6 Å². The molecule has 0 heterocycles. The molecule has 1 aromatic carbocycles. The van der Waals surface area contributed by atoms with Crippen molar-refractivity contribution in [3.05, 3.63) is 34.9 Å². The number of rotatable bonds is 4. The van der Waals surface area contributed by atoms with Crippen LogP contribution in [0.2, 0.25) is 5.02 Å². The van der Waals surface area contributed by atoms with E-state index in [-0.39, 0.29) is 6.04 Å². The van der Waals surface area contributed by atoms with E-state index in [9.17, 15) is 5.11 Å². The van der Waals surface area contributed by atoms with Crippen LogP contribution in [-0.4, -0.2) is 17.3 Å². The van der Waals surface area contributed by atoms with Crippen molar-refractivity contribution in [2.24, 2.45) is 0 Å². The molecule has 1 fully saturated rings. The maximum Gasteiger partial charge on any atom is 0.0771 e. The number of halogens is 1. The van der Waals surface area contributed by atoms with E-state index < -0.39 is 5.60 Å². The number of benzene rings is 1. The van der Waals surface area contributed by atoms with Crippen LogP contribution in [0.3, 0.4) is 0 Å². The summed E-state index contributed by atoms with van der Waals surface area (Å²) in [5, 5.41) is 14.6. The summed E-state index contributed by atoms with van der Waals surface area (Å²) in [7, 11) is 0. The smallest absolute Gasteiger partial charge is 0.0771 e. The Labute approximate surface area is 114 Å². The Balaban J connectivity index is 1.89. The second-order valence-electron chi connectivity index (χ2n) is 5.44. The van der Waals surface area contributed by atoms with Crippen LogP contribution >= 0.6 is 11.6 Å². The lowest BCUT2D eigenvalue weighted by Gasteiger charge is -2.33. The predicted molar refractivity (Wildman–Crippen MR) is 75.9 cm³/mol. The van der Waals surface area contributed by atoms with Gasteiger partial charge in [0.25, 0.3) is 0 Å². The Bertz CT molecular complexity index is 388. The normalized spacial score (nSPS) is 20.6. The summed E-state index contributed by atoms with van der Waals surface area (Å²) >= 11 is 5.99. The number of aliphatic hydroxyl groups is 1. The summed E-state index contributed by atoms with van der Waals surface area (Å²) in [4.78, 5) is 0. The van der Waals surface area contributed by atoms with E-state index in [2.05, 4.69) is 18.3 Å².